The second kappa shape index (κ2) is 10.5. The van der Waals surface area contributed by atoms with Crippen LogP contribution in [0.15, 0.2) is 11.6 Å². The van der Waals surface area contributed by atoms with Gasteiger partial charge in [0.2, 0.25) is 0 Å². The molecule has 0 aromatic carbocycles. The van der Waals surface area contributed by atoms with E-state index < -0.39 is 53.6 Å². The molecule has 1 heterocycles. The average Bonchev–Trinajstić information content (AvgIpc) is 2.94. The Morgan fingerprint density at radius 1 is 0.909 bits per heavy atom. The Morgan fingerprint density at radius 3 is 2.25 bits per heavy atom. The Labute approximate surface area is 262 Å². The summed E-state index contributed by atoms with van der Waals surface area (Å²) in [7, 11) is 0. The number of carbonyl (C=O) groups is 1. The Morgan fingerprint density at radius 2 is 1.59 bits per heavy atom. The molecule has 0 aromatic rings. The topological polar surface area (TPSA) is 157 Å². The summed E-state index contributed by atoms with van der Waals surface area (Å²) in [6.07, 6.45) is 2.36. The zero-order chi connectivity index (χ0) is 32.3. The largest absolute Gasteiger partial charge is 0.481 e. The van der Waals surface area contributed by atoms with Gasteiger partial charge in [0, 0.05) is 5.41 Å². The second-order valence-electron chi connectivity index (χ2n) is 17.4. The van der Waals surface area contributed by atoms with Crippen LogP contribution in [0.1, 0.15) is 99.3 Å². The zero-order valence-electron chi connectivity index (χ0n) is 27.5. The van der Waals surface area contributed by atoms with E-state index in [2.05, 4.69) is 40.7 Å². The summed E-state index contributed by atoms with van der Waals surface area (Å²) in [6, 6.07) is 0. The maximum Gasteiger partial charge on any atom is 0.310 e. The summed E-state index contributed by atoms with van der Waals surface area (Å²) in [6.45, 7) is 13.2. The molecule has 1 aliphatic heterocycles. The molecule has 6 N–H and O–H groups in total. The number of fused-ring (bicyclic) bond motifs is 7. The summed E-state index contributed by atoms with van der Waals surface area (Å²) in [5.41, 5.74) is -0.690. The third kappa shape index (κ3) is 4.32. The predicted octanol–water partition coefficient (Wildman–Crippen LogP) is 3.64. The van der Waals surface area contributed by atoms with Crippen LogP contribution in [-0.2, 0) is 14.3 Å². The molecule has 9 heteroatoms. The molecule has 1 saturated heterocycles. The van der Waals surface area contributed by atoms with Gasteiger partial charge in [0.15, 0.2) is 6.29 Å². The van der Waals surface area contributed by atoms with Crippen molar-refractivity contribution in [3.05, 3.63) is 11.6 Å². The van der Waals surface area contributed by atoms with Gasteiger partial charge in [-0.05, 0) is 97.2 Å². The molecule has 5 aliphatic carbocycles. The van der Waals surface area contributed by atoms with Gasteiger partial charge in [-0.3, -0.25) is 4.79 Å². The maximum absolute atomic E-state index is 12.9. The third-order valence-corrected chi connectivity index (χ3v) is 14.8. The molecule has 0 radical (unpaired) electrons. The number of allylic oxidation sites excluding steroid dienone is 2. The van der Waals surface area contributed by atoms with Gasteiger partial charge < -0.3 is 40.1 Å². The van der Waals surface area contributed by atoms with Gasteiger partial charge in [0.05, 0.1) is 30.8 Å². The van der Waals surface area contributed by atoms with E-state index in [4.69, 9.17) is 9.47 Å². The van der Waals surface area contributed by atoms with Crippen molar-refractivity contribution in [2.24, 2.45) is 50.2 Å². The summed E-state index contributed by atoms with van der Waals surface area (Å²) < 4.78 is 11.8. The van der Waals surface area contributed by atoms with Crippen LogP contribution in [0.3, 0.4) is 0 Å². The van der Waals surface area contributed by atoms with Crippen LogP contribution in [0.4, 0.5) is 0 Å². The fourth-order valence-electron chi connectivity index (χ4n) is 12.0. The SMILES string of the molecule is CC1(C)CC[C@]2(C(=O)O)CC[C@]3(C)C(=CC[C@@H]4[C@@]5(C)C[C@H](O)[C@H](O[C@@H]6OC[C@H](O)[C@H](O)[C@H]6O)[C@@](C)(CO)[C@@H]5CC[C@]43C)[C@@H]2C1. The smallest absolute Gasteiger partial charge is 0.310 e. The number of hydrogen-bond donors (Lipinski definition) is 6. The molecular formula is C35H56O9. The lowest BCUT2D eigenvalue weighted by Crippen LogP contribution is -2.69. The molecule has 0 amide bonds. The van der Waals surface area contributed by atoms with Gasteiger partial charge >= 0.3 is 5.97 Å². The number of carboxylic acid groups (broad SMARTS) is 1. The van der Waals surface area contributed by atoms with Crippen LogP contribution in [0, 0.1) is 50.2 Å². The van der Waals surface area contributed by atoms with Crippen molar-refractivity contribution in [3.63, 3.8) is 0 Å². The summed E-state index contributed by atoms with van der Waals surface area (Å²) in [4.78, 5) is 12.9. The lowest BCUT2D eigenvalue weighted by atomic mass is 9.33. The van der Waals surface area contributed by atoms with Crippen molar-refractivity contribution in [2.75, 3.05) is 13.2 Å². The van der Waals surface area contributed by atoms with Crippen molar-refractivity contribution in [3.8, 4) is 0 Å². The van der Waals surface area contributed by atoms with Crippen LogP contribution in [0.2, 0.25) is 0 Å². The molecule has 250 valence electrons. The van der Waals surface area contributed by atoms with Crippen LogP contribution in [0.5, 0.6) is 0 Å². The number of carboxylic acids is 1. The minimum absolute atomic E-state index is 0.0107. The first kappa shape index (κ1) is 32.9. The monoisotopic (exact) mass is 620 g/mol. The van der Waals surface area contributed by atoms with E-state index in [1.165, 1.54) is 5.57 Å². The number of aliphatic hydroxyl groups excluding tert-OH is 5. The second-order valence-corrected chi connectivity index (χ2v) is 17.4. The minimum Gasteiger partial charge on any atom is -0.481 e. The molecule has 6 rings (SSSR count). The number of rotatable bonds is 4. The first-order valence-electron chi connectivity index (χ1n) is 16.9. The van der Waals surface area contributed by atoms with E-state index in [0.29, 0.717) is 12.8 Å². The molecular weight excluding hydrogens is 564 g/mol. The summed E-state index contributed by atoms with van der Waals surface area (Å²) >= 11 is 0. The van der Waals surface area contributed by atoms with Crippen LogP contribution in [-0.4, -0.2) is 86.6 Å². The standard InChI is InChI=1S/C35H56O9/c1-30(2)11-13-35(29(41)42)14-12-33(5)19(20(35)15-30)7-8-24-31(3)16-21(37)27(44-28-26(40)25(39)22(38)17-43-28)32(4,18-36)23(31)9-10-34(24,33)6/h7,20-28,36-40H,8-18H2,1-6H3,(H,41,42)/t20-,21-,22-,23+,24+,25-,26+,27-,28-,31-,32-,33+,34+,35-/m0/s1. The highest BCUT2D eigenvalue weighted by Gasteiger charge is 2.71. The molecule has 44 heavy (non-hydrogen) atoms. The number of hydrogen-bond acceptors (Lipinski definition) is 8. The highest BCUT2D eigenvalue weighted by Crippen LogP contribution is 2.76. The molecule has 9 nitrogen and oxygen atoms in total. The van der Waals surface area contributed by atoms with Crippen LogP contribution < -0.4 is 0 Å². The summed E-state index contributed by atoms with van der Waals surface area (Å²) in [5, 5.41) is 64.1. The van der Waals surface area contributed by atoms with E-state index in [9.17, 15) is 35.4 Å². The van der Waals surface area contributed by atoms with Crippen molar-refractivity contribution < 1.29 is 44.9 Å². The van der Waals surface area contributed by atoms with Crippen molar-refractivity contribution in [1.29, 1.82) is 0 Å². The highest BCUT2D eigenvalue weighted by molar-refractivity contribution is 5.76. The van der Waals surface area contributed by atoms with E-state index in [1.807, 2.05) is 6.92 Å². The van der Waals surface area contributed by atoms with Crippen LogP contribution >= 0.6 is 0 Å². The molecule has 0 bridgehead atoms. The molecule has 0 aromatic heterocycles. The highest BCUT2D eigenvalue weighted by atomic mass is 16.7. The van der Waals surface area contributed by atoms with Crippen molar-refractivity contribution in [1.82, 2.24) is 0 Å². The Bertz CT molecular complexity index is 1190. The van der Waals surface area contributed by atoms with Crippen LogP contribution in [0.25, 0.3) is 0 Å². The van der Waals surface area contributed by atoms with Gasteiger partial charge in [-0.1, -0.05) is 53.2 Å². The van der Waals surface area contributed by atoms with E-state index >= 15 is 0 Å². The molecule has 14 atom stereocenters. The molecule has 0 spiro atoms. The van der Waals surface area contributed by atoms with Gasteiger partial charge in [0.25, 0.3) is 0 Å². The third-order valence-electron chi connectivity index (χ3n) is 14.8. The van der Waals surface area contributed by atoms with E-state index in [1.54, 1.807) is 0 Å². The number of ether oxygens (including phenoxy) is 2. The normalized spacial score (nSPS) is 55.1. The lowest BCUT2D eigenvalue weighted by Gasteiger charge is -2.71. The van der Waals surface area contributed by atoms with Gasteiger partial charge in [0.1, 0.15) is 18.3 Å². The quantitative estimate of drug-likeness (QED) is 0.204. The van der Waals surface area contributed by atoms with Gasteiger partial charge in [-0.2, -0.15) is 0 Å². The van der Waals surface area contributed by atoms with Gasteiger partial charge in [-0.15, -0.1) is 0 Å². The fourth-order valence-corrected chi connectivity index (χ4v) is 12.0. The molecule has 0 unspecified atom stereocenters. The Hall–Kier alpha value is -1.07. The Kier molecular flexibility index (Phi) is 7.81. The maximum atomic E-state index is 12.9. The number of aliphatic hydroxyl groups is 5. The zero-order valence-corrected chi connectivity index (χ0v) is 27.5. The fraction of sp³-hybridized carbons (Fsp3) is 0.914. The van der Waals surface area contributed by atoms with Gasteiger partial charge in [-0.25, -0.2) is 0 Å². The number of aliphatic carboxylic acids is 1. The molecule has 5 fully saturated rings. The minimum atomic E-state index is -1.48. The average molecular weight is 621 g/mol. The lowest BCUT2D eigenvalue weighted by molar-refractivity contribution is -0.328. The van der Waals surface area contributed by atoms with E-state index in [-0.39, 0.29) is 52.6 Å². The molecule has 6 aliphatic rings. The first-order chi connectivity index (χ1) is 20.4. The molecule has 4 saturated carbocycles. The van der Waals surface area contributed by atoms with E-state index in [0.717, 1.165) is 44.9 Å². The van der Waals surface area contributed by atoms with Crippen molar-refractivity contribution >= 4 is 5.97 Å². The Balaban J connectivity index is 1.35. The summed E-state index contributed by atoms with van der Waals surface area (Å²) in [5.74, 6) is -0.389. The van der Waals surface area contributed by atoms with Crippen molar-refractivity contribution in [2.45, 2.75) is 136 Å². The first-order valence-corrected chi connectivity index (χ1v) is 16.9. The predicted molar refractivity (Wildman–Crippen MR) is 162 cm³/mol.